The molecule has 148 valence electrons. The van der Waals surface area contributed by atoms with Crippen LogP contribution in [0.2, 0.25) is 10.0 Å². The zero-order valence-corrected chi connectivity index (χ0v) is 17.2. The zero-order chi connectivity index (χ0) is 20.5. The molecule has 1 amide bonds. The Bertz CT molecular complexity index is 931. The molecule has 1 aliphatic rings. The van der Waals surface area contributed by atoms with Crippen molar-refractivity contribution in [1.82, 2.24) is 0 Å². The molecule has 0 spiro atoms. The van der Waals surface area contributed by atoms with Crippen LogP contribution in [0, 0.1) is 6.92 Å². The van der Waals surface area contributed by atoms with E-state index in [-0.39, 0.29) is 12.2 Å². The van der Waals surface area contributed by atoms with E-state index in [4.69, 9.17) is 27.9 Å². The van der Waals surface area contributed by atoms with Crippen LogP contribution in [0.5, 0.6) is 5.75 Å². The topological polar surface area (TPSA) is 66.8 Å². The Kier molecular flexibility index (Phi) is 5.98. The molecule has 0 radical (unpaired) electrons. The summed E-state index contributed by atoms with van der Waals surface area (Å²) < 4.78 is 5.67. The first-order chi connectivity index (χ1) is 13.2. The van der Waals surface area contributed by atoms with Crippen LogP contribution in [-0.4, -0.2) is 29.9 Å². The third kappa shape index (κ3) is 4.02. The number of carbonyl (C=O) groups excluding carboxylic acids is 2. The summed E-state index contributed by atoms with van der Waals surface area (Å²) in [6.07, 6.45) is 0.282. The fraction of sp³-hybridized carbons (Fsp3) is 0.333. The van der Waals surface area contributed by atoms with Gasteiger partial charge in [-0.2, -0.15) is 0 Å². The Labute approximate surface area is 173 Å². The molecule has 28 heavy (non-hydrogen) atoms. The Morgan fingerprint density at radius 3 is 2.64 bits per heavy atom. The van der Waals surface area contributed by atoms with Crippen molar-refractivity contribution in [3.8, 4) is 5.75 Å². The first-order valence-electron chi connectivity index (χ1n) is 8.95. The van der Waals surface area contributed by atoms with Crippen molar-refractivity contribution in [3.63, 3.8) is 0 Å². The largest absolute Gasteiger partial charge is 0.492 e. The lowest BCUT2D eigenvalue weighted by Gasteiger charge is -2.22. The highest BCUT2D eigenvalue weighted by atomic mass is 35.5. The number of rotatable bonds is 7. The molecule has 3 rings (SSSR count). The summed E-state index contributed by atoms with van der Waals surface area (Å²) in [6.45, 7) is 3.93. The van der Waals surface area contributed by atoms with Crippen molar-refractivity contribution in [2.24, 2.45) is 0 Å². The monoisotopic (exact) mass is 421 g/mol. The smallest absolute Gasteiger partial charge is 0.264 e. The van der Waals surface area contributed by atoms with Gasteiger partial charge >= 0.3 is 0 Å². The highest BCUT2D eigenvalue weighted by molar-refractivity contribution is 6.35. The Balaban J connectivity index is 1.72. The van der Waals surface area contributed by atoms with Gasteiger partial charge in [0.05, 0.1) is 17.3 Å². The molecule has 0 aromatic heterocycles. The molecule has 0 aliphatic carbocycles. The quantitative estimate of drug-likeness (QED) is 0.677. The number of carbonyl (C=O) groups is 2. The lowest BCUT2D eigenvalue weighted by atomic mass is 9.89. The third-order valence-corrected chi connectivity index (χ3v) is 5.20. The fourth-order valence-electron chi connectivity index (χ4n) is 3.41. The van der Waals surface area contributed by atoms with Gasteiger partial charge < -0.3 is 14.7 Å². The molecule has 2 aromatic rings. The summed E-state index contributed by atoms with van der Waals surface area (Å²) in [5.41, 5.74) is 0.211. The minimum Gasteiger partial charge on any atom is -0.492 e. The first-order valence-corrected chi connectivity index (χ1v) is 9.71. The van der Waals surface area contributed by atoms with Gasteiger partial charge in [0.1, 0.15) is 11.5 Å². The molecule has 1 unspecified atom stereocenters. The average molecular weight is 422 g/mol. The second-order valence-corrected chi connectivity index (χ2v) is 7.84. The maximum absolute atomic E-state index is 12.9. The number of halogens is 2. The lowest BCUT2D eigenvalue weighted by Crippen LogP contribution is -2.42. The van der Waals surface area contributed by atoms with Gasteiger partial charge in [0.15, 0.2) is 5.60 Å². The van der Waals surface area contributed by atoms with Crippen LogP contribution < -0.4 is 9.64 Å². The molecule has 0 fully saturated rings. The van der Waals surface area contributed by atoms with Crippen LogP contribution in [0.1, 0.15) is 30.9 Å². The molecule has 5 nitrogen and oxygen atoms in total. The number of nitrogens with zero attached hydrogens (tertiary/aromatic N) is 1. The molecule has 0 saturated carbocycles. The third-order valence-electron chi connectivity index (χ3n) is 4.67. The molecule has 1 N–H and O–H groups in total. The number of amides is 1. The van der Waals surface area contributed by atoms with E-state index in [0.717, 1.165) is 5.56 Å². The van der Waals surface area contributed by atoms with Crippen LogP contribution >= 0.6 is 23.2 Å². The summed E-state index contributed by atoms with van der Waals surface area (Å²) in [5, 5.41) is 11.9. The van der Waals surface area contributed by atoms with Gasteiger partial charge in [-0.25, -0.2) is 0 Å². The van der Waals surface area contributed by atoms with Gasteiger partial charge in [0.2, 0.25) is 0 Å². The molecule has 1 atom stereocenters. The number of anilines is 1. The standard InChI is InChI=1S/C21H21Cl2NO4/c1-13-4-6-18-16(10-13)21(27,12-14(2)25)20(26)24(18)8-3-9-28-19-7-5-15(22)11-17(19)23/h4-7,10-11,27H,3,8-9,12H2,1-2H3. The lowest BCUT2D eigenvalue weighted by molar-refractivity contribution is -0.141. The zero-order valence-electron chi connectivity index (χ0n) is 15.7. The minimum atomic E-state index is -1.81. The minimum absolute atomic E-state index is 0.240. The van der Waals surface area contributed by atoms with Crippen LogP contribution in [-0.2, 0) is 15.2 Å². The van der Waals surface area contributed by atoms with E-state index < -0.39 is 11.5 Å². The molecule has 1 aliphatic heterocycles. The van der Waals surface area contributed by atoms with Crippen molar-refractivity contribution < 1.29 is 19.4 Å². The number of hydrogen-bond acceptors (Lipinski definition) is 4. The second kappa shape index (κ2) is 8.11. The number of Topliss-reactive ketones (excluding diaryl/α,β-unsaturated/α-hetero) is 1. The summed E-state index contributed by atoms with van der Waals surface area (Å²) >= 11 is 12.0. The normalized spacial score (nSPS) is 18.3. The van der Waals surface area contributed by atoms with E-state index in [2.05, 4.69) is 0 Å². The maximum atomic E-state index is 12.9. The molecule has 1 heterocycles. The van der Waals surface area contributed by atoms with Gasteiger partial charge in [0, 0.05) is 23.6 Å². The Morgan fingerprint density at radius 1 is 1.21 bits per heavy atom. The van der Waals surface area contributed by atoms with Crippen molar-refractivity contribution in [1.29, 1.82) is 0 Å². The number of ether oxygens (including phenoxy) is 1. The van der Waals surface area contributed by atoms with Crippen molar-refractivity contribution in [3.05, 3.63) is 57.6 Å². The summed E-state index contributed by atoms with van der Waals surface area (Å²) in [4.78, 5) is 26.1. The molecule has 0 saturated heterocycles. The van der Waals surface area contributed by atoms with Crippen LogP contribution in [0.25, 0.3) is 0 Å². The summed E-state index contributed by atoms with van der Waals surface area (Å²) in [7, 11) is 0. The van der Waals surface area contributed by atoms with E-state index in [1.54, 1.807) is 30.3 Å². The van der Waals surface area contributed by atoms with Gasteiger partial charge in [-0.3, -0.25) is 9.59 Å². The van der Waals surface area contributed by atoms with Crippen molar-refractivity contribution >= 4 is 40.6 Å². The van der Waals surface area contributed by atoms with Gasteiger partial charge in [-0.05, 0) is 44.5 Å². The predicted octanol–water partition coefficient (Wildman–Crippen LogP) is 4.28. The number of aliphatic hydroxyl groups is 1. The number of ketones is 1. The van der Waals surface area contributed by atoms with E-state index in [0.29, 0.717) is 46.6 Å². The van der Waals surface area contributed by atoms with E-state index in [1.165, 1.54) is 11.8 Å². The van der Waals surface area contributed by atoms with Crippen LogP contribution in [0.4, 0.5) is 5.69 Å². The highest BCUT2D eigenvalue weighted by Gasteiger charge is 2.50. The van der Waals surface area contributed by atoms with Gasteiger partial charge in [-0.15, -0.1) is 0 Å². The van der Waals surface area contributed by atoms with Crippen LogP contribution in [0.15, 0.2) is 36.4 Å². The van der Waals surface area contributed by atoms with Crippen molar-refractivity contribution in [2.75, 3.05) is 18.1 Å². The van der Waals surface area contributed by atoms with Gasteiger partial charge in [0.25, 0.3) is 5.91 Å². The van der Waals surface area contributed by atoms with Crippen molar-refractivity contribution in [2.45, 2.75) is 32.3 Å². The van der Waals surface area contributed by atoms with E-state index >= 15 is 0 Å². The molecule has 2 aromatic carbocycles. The molecular formula is C21H21Cl2NO4. The molecular weight excluding hydrogens is 401 g/mol. The van der Waals surface area contributed by atoms with E-state index in [1.807, 2.05) is 13.0 Å². The first kappa shape index (κ1) is 20.6. The fourth-order valence-corrected chi connectivity index (χ4v) is 3.88. The number of benzene rings is 2. The predicted molar refractivity (Wildman–Crippen MR) is 109 cm³/mol. The van der Waals surface area contributed by atoms with Crippen LogP contribution in [0.3, 0.4) is 0 Å². The highest BCUT2D eigenvalue weighted by Crippen LogP contribution is 2.43. The maximum Gasteiger partial charge on any atom is 0.264 e. The van der Waals surface area contributed by atoms with E-state index in [9.17, 15) is 14.7 Å². The average Bonchev–Trinajstić information content (AvgIpc) is 2.81. The number of hydrogen-bond donors (Lipinski definition) is 1. The Morgan fingerprint density at radius 2 is 1.96 bits per heavy atom. The number of fused-ring (bicyclic) bond motifs is 1. The summed E-state index contributed by atoms with van der Waals surface area (Å²) in [6, 6.07) is 10.4. The summed E-state index contributed by atoms with van der Waals surface area (Å²) in [5.74, 6) is -0.207. The molecule has 7 heteroatoms. The number of aryl methyl sites for hydroxylation is 1. The molecule has 0 bridgehead atoms. The SMILES string of the molecule is CC(=O)CC1(O)C(=O)N(CCCOc2ccc(Cl)cc2Cl)c2ccc(C)cc21. The van der Waals surface area contributed by atoms with Gasteiger partial charge in [-0.1, -0.05) is 40.9 Å². The Hall–Kier alpha value is -2.08. The second-order valence-electron chi connectivity index (χ2n) is 6.99.